The van der Waals surface area contributed by atoms with Crippen LogP contribution in [0.4, 0.5) is 5.69 Å². The van der Waals surface area contributed by atoms with Crippen LogP contribution < -0.4 is 14.4 Å². The second-order valence-electron chi connectivity index (χ2n) is 7.25. The average molecular weight is 433 g/mol. The van der Waals surface area contributed by atoms with Crippen molar-refractivity contribution in [2.45, 2.75) is 24.8 Å². The van der Waals surface area contributed by atoms with Crippen LogP contribution in [0.1, 0.15) is 11.1 Å². The van der Waals surface area contributed by atoms with Gasteiger partial charge in [-0.25, -0.2) is 8.42 Å². The molecule has 8 heteroatoms. The Morgan fingerprint density at radius 2 is 1.93 bits per heavy atom. The van der Waals surface area contributed by atoms with E-state index >= 15 is 0 Å². The molecule has 0 spiro atoms. The van der Waals surface area contributed by atoms with E-state index in [4.69, 9.17) is 14.5 Å². The maximum atomic E-state index is 12.3. The van der Waals surface area contributed by atoms with Crippen LogP contribution in [0.2, 0.25) is 0 Å². The van der Waals surface area contributed by atoms with Gasteiger partial charge in [0.2, 0.25) is 0 Å². The standard InChI is InChI=1S/C21H24N2O4S2/c1-14-6-4-5-7-15(14)11-28-21-22-17-12-29(24,25)13-19(17)23(21)18-10-16(26-2)8-9-20(18)27-3/h4-10,17,19H,11-13H2,1-3H3/t17-,19-/m0/s1. The highest BCUT2D eigenvalue weighted by atomic mass is 32.2. The predicted molar refractivity (Wildman–Crippen MR) is 118 cm³/mol. The zero-order chi connectivity index (χ0) is 20.6. The Kier molecular flexibility index (Phi) is 5.48. The minimum absolute atomic E-state index is 0.0921. The van der Waals surface area contributed by atoms with Crippen LogP contribution in [0, 0.1) is 6.92 Å². The summed E-state index contributed by atoms with van der Waals surface area (Å²) in [5, 5.41) is 0.824. The van der Waals surface area contributed by atoms with Crippen molar-refractivity contribution in [2.75, 3.05) is 30.6 Å². The summed E-state index contributed by atoms with van der Waals surface area (Å²) < 4.78 is 35.5. The first kappa shape index (κ1) is 20.1. The molecule has 2 atom stereocenters. The summed E-state index contributed by atoms with van der Waals surface area (Å²) in [6.07, 6.45) is 0. The highest BCUT2D eigenvalue weighted by Gasteiger charge is 2.47. The SMILES string of the molecule is COc1ccc(OC)c(N2C(SCc3ccccc3C)=N[C@H]3CS(=O)(=O)C[C@@H]32)c1. The highest BCUT2D eigenvalue weighted by Crippen LogP contribution is 2.41. The smallest absolute Gasteiger partial charge is 0.164 e. The van der Waals surface area contributed by atoms with Gasteiger partial charge in [0.25, 0.3) is 0 Å². The van der Waals surface area contributed by atoms with Crippen molar-refractivity contribution in [3.8, 4) is 11.5 Å². The molecule has 1 saturated heterocycles. The monoisotopic (exact) mass is 432 g/mol. The minimum atomic E-state index is -3.11. The lowest BCUT2D eigenvalue weighted by atomic mass is 10.1. The van der Waals surface area contributed by atoms with Gasteiger partial charge >= 0.3 is 0 Å². The molecule has 1 fully saturated rings. The van der Waals surface area contributed by atoms with Crippen molar-refractivity contribution in [2.24, 2.45) is 4.99 Å². The van der Waals surface area contributed by atoms with Gasteiger partial charge in [0.15, 0.2) is 15.0 Å². The van der Waals surface area contributed by atoms with Gasteiger partial charge in [0, 0.05) is 11.8 Å². The quantitative estimate of drug-likeness (QED) is 0.722. The molecule has 0 radical (unpaired) electrons. The molecule has 2 aromatic carbocycles. The number of fused-ring (bicyclic) bond motifs is 1. The van der Waals surface area contributed by atoms with E-state index in [1.54, 1.807) is 26.0 Å². The number of nitrogens with zero attached hydrogens (tertiary/aromatic N) is 2. The van der Waals surface area contributed by atoms with Crippen LogP contribution in [0.25, 0.3) is 0 Å². The van der Waals surface area contributed by atoms with E-state index in [9.17, 15) is 8.42 Å². The van der Waals surface area contributed by atoms with Gasteiger partial charge in [0.1, 0.15) is 11.5 Å². The molecule has 4 rings (SSSR count). The average Bonchev–Trinajstić information content (AvgIpc) is 3.17. The number of hydrogen-bond donors (Lipinski definition) is 0. The van der Waals surface area contributed by atoms with E-state index in [-0.39, 0.29) is 23.6 Å². The summed E-state index contributed by atoms with van der Waals surface area (Å²) in [5.41, 5.74) is 3.25. The number of hydrogen-bond acceptors (Lipinski definition) is 7. The summed E-state index contributed by atoms with van der Waals surface area (Å²) >= 11 is 1.63. The summed E-state index contributed by atoms with van der Waals surface area (Å²) in [5.74, 6) is 2.30. The number of methoxy groups -OCH3 is 2. The molecular formula is C21H24N2O4S2. The molecule has 29 heavy (non-hydrogen) atoms. The van der Waals surface area contributed by atoms with E-state index in [0.717, 1.165) is 16.6 Å². The molecule has 6 nitrogen and oxygen atoms in total. The number of aliphatic imine (C=N–C) groups is 1. The number of benzene rings is 2. The van der Waals surface area contributed by atoms with Crippen LogP contribution in [-0.2, 0) is 15.6 Å². The highest BCUT2D eigenvalue weighted by molar-refractivity contribution is 8.13. The van der Waals surface area contributed by atoms with Gasteiger partial charge in [-0.3, -0.25) is 4.99 Å². The molecule has 0 unspecified atom stereocenters. The summed E-state index contributed by atoms with van der Waals surface area (Å²) in [6, 6.07) is 13.3. The fraction of sp³-hybridized carbons (Fsp3) is 0.381. The maximum Gasteiger partial charge on any atom is 0.164 e. The third-order valence-electron chi connectivity index (χ3n) is 5.37. The van der Waals surface area contributed by atoms with Gasteiger partial charge in [0.05, 0.1) is 43.5 Å². The molecular weight excluding hydrogens is 408 g/mol. The maximum absolute atomic E-state index is 12.3. The fourth-order valence-corrected chi connectivity index (χ4v) is 6.85. The van der Waals surface area contributed by atoms with Crippen molar-refractivity contribution in [3.05, 3.63) is 53.6 Å². The molecule has 0 saturated carbocycles. The first-order chi connectivity index (χ1) is 13.9. The van der Waals surface area contributed by atoms with Crippen molar-refractivity contribution >= 4 is 32.5 Å². The summed E-state index contributed by atoms with van der Waals surface area (Å²) in [7, 11) is 0.115. The van der Waals surface area contributed by atoms with Gasteiger partial charge in [-0.1, -0.05) is 36.0 Å². The Morgan fingerprint density at radius 1 is 1.14 bits per heavy atom. The van der Waals surface area contributed by atoms with E-state index < -0.39 is 9.84 Å². The van der Waals surface area contributed by atoms with Crippen molar-refractivity contribution in [3.63, 3.8) is 0 Å². The topological polar surface area (TPSA) is 68.2 Å². The number of thioether (sulfide) groups is 1. The van der Waals surface area contributed by atoms with Gasteiger partial charge in [-0.05, 0) is 30.2 Å². The Bertz CT molecular complexity index is 1050. The summed E-state index contributed by atoms with van der Waals surface area (Å²) in [6.45, 7) is 2.09. The third-order valence-corrected chi connectivity index (χ3v) is 8.09. The second-order valence-corrected chi connectivity index (χ2v) is 10.3. The lowest BCUT2D eigenvalue weighted by Crippen LogP contribution is -2.39. The Hall–Kier alpha value is -2.19. The van der Waals surface area contributed by atoms with E-state index in [1.165, 1.54) is 11.1 Å². The first-order valence-electron chi connectivity index (χ1n) is 9.38. The van der Waals surface area contributed by atoms with Crippen LogP contribution in [0.5, 0.6) is 11.5 Å². The number of rotatable bonds is 5. The van der Waals surface area contributed by atoms with Crippen LogP contribution in [0.15, 0.2) is 47.5 Å². The minimum Gasteiger partial charge on any atom is -0.497 e. The first-order valence-corrected chi connectivity index (χ1v) is 12.2. The number of amidine groups is 1. The largest absolute Gasteiger partial charge is 0.497 e. The van der Waals surface area contributed by atoms with E-state index in [2.05, 4.69) is 19.1 Å². The van der Waals surface area contributed by atoms with Crippen molar-refractivity contribution in [1.82, 2.24) is 0 Å². The van der Waals surface area contributed by atoms with Crippen molar-refractivity contribution in [1.29, 1.82) is 0 Å². The van der Waals surface area contributed by atoms with Gasteiger partial charge in [-0.2, -0.15) is 0 Å². The van der Waals surface area contributed by atoms with Crippen LogP contribution in [-0.4, -0.2) is 51.4 Å². The third kappa shape index (κ3) is 3.96. The van der Waals surface area contributed by atoms with Crippen LogP contribution >= 0.6 is 11.8 Å². The molecule has 2 aliphatic heterocycles. The lowest BCUT2D eigenvalue weighted by Gasteiger charge is -2.28. The second kappa shape index (κ2) is 7.91. The van der Waals surface area contributed by atoms with Crippen LogP contribution in [0.3, 0.4) is 0 Å². The number of sulfone groups is 1. The molecule has 0 bridgehead atoms. The molecule has 2 aliphatic rings. The molecule has 154 valence electrons. The van der Waals surface area contributed by atoms with Gasteiger partial charge < -0.3 is 14.4 Å². The van der Waals surface area contributed by atoms with Gasteiger partial charge in [-0.15, -0.1) is 0 Å². The Morgan fingerprint density at radius 3 is 2.66 bits per heavy atom. The van der Waals surface area contributed by atoms with E-state index in [1.807, 2.05) is 35.2 Å². The molecule has 0 aliphatic carbocycles. The van der Waals surface area contributed by atoms with Crippen molar-refractivity contribution < 1.29 is 17.9 Å². The number of aryl methyl sites for hydroxylation is 1. The Labute approximate surface area is 175 Å². The molecule has 0 N–H and O–H groups in total. The fourth-order valence-electron chi connectivity index (χ4n) is 3.81. The molecule has 0 amide bonds. The summed E-state index contributed by atoms with van der Waals surface area (Å²) in [4.78, 5) is 6.84. The molecule has 2 heterocycles. The number of ether oxygens (including phenoxy) is 2. The molecule has 2 aromatic rings. The predicted octanol–water partition coefficient (Wildman–Crippen LogP) is 3.29. The lowest BCUT2D eigenvalue weighted by molar-refractivity contribution is 0.403. The van der Waals surface area contributed by atoms with E-state index in [0.29, 0.717) is 11.5 Å². The normalized spacial score (nSPS) is 22.3. The Balaban J connectivity index is 1.70. The zero-order valence-corrected chi connectivity index (χ0v) is 18.3. The number of anilines is 1. The molecule has 0 aromatic heterocycles. The zero-order valence-electron chi connectivity index (χ0n) is 16.7.